The van der Waals surface area contributed by atoms with Gasteiger partial charge in [0.2, 0.25) is 0 Å². The smallest absolute Gasteiger partial charge is 0.142 e. The number of carboxylic acid groups (broad SMARTS) is 1. The van der Waals surface area contributed by atoms with Gasteiger partial charge in [-0.05, 0) is 24.6 Å². The average Bonchev–Trinajstić information content (AvgIpc) is 2.54. The van der Waals surface area contributed by atoms with E-state index in [2.05, 4.69) is 14.8 Å². The lowest BCUT2D eigenvalue weighted by Crippen LogP contribution is -2.22. The highest BCUT2D eigenvalue weighted by molar-refractivity contribution is 7.43. The average molecular weight is 365 g/mol. The van der Waals surface area contributed by atoms with Gasteiger partial charge in [-0.15, -0.1) is 0 Å². The van der Waals surface area contributed by atoms with Crippen molar-refractivity contribution in [1.82, 2.24) is 4.98 Å². The minimum Gasteiger partial charge on any atom is -0.790 e. The third-order valence-corrected chi connectivity index (χ3v) is 3.82. The Morgan fingerprint density at radius 1 is 1.40 bits per heavy atom. The number of hydrogen-bond donors (Lipinski definition) is 2. The number of phosphoric ester groups is 1. The largest absolute Gasteiger partial charge is 0.790 e. The van der Waals surface area contributed by atoms with Gasteiger partial charge in [0.15, 0.2) is 0 Å². The first-order valence-electron chi connectivity index (χ1n) is 7.05. The molecule has 0 saturated carbocycles. The maximum atomic E-state index is 10.9. The molecule has 0 unspecified atom stereocenters. The number of anilines is 1. The van der Waals surface area contributed by atoms with Gasteiger partial charge < -0.3 is 39.2 Å². The summed E-state index contributed by atoms with van der Waals surface area (Å²) in [5, 5.41) is 23.9. The van der Waals surface area contributed by atoms with Crippen LogP contribution < -0.4 is 20.2 Å². The van der Waals surface area contributed by atoms with Crippen molar-refractivity contribution in [3.8, 4) is 5.75 Å². The second-order valence-corrected chi connectivity index (χ2v) is 6.29. The number of carbonyl (C=O) groups excluding carboxylic acids is 1. The van der Waals surface area contributed by atoms with E-state index in [9.17, 15) is 29.4 Å². The van der Waals surface area contributed by atoms with E-state index >= 15 is 0 Å². The fraction of sp³-hybridized carbons (Fsp3) is 0.200. The zero-order chi connectivity index (χ0) is 18.6. The fourth-order valence-electron chi connectivity index (χ4n) is 2.10. The van der Waals surface area contributed by atoms with E-state index in [1.165, 1.54) is 24.4 Å². The summed E-state index contributed by atoms with van der Waals surface area (Å²) in [7, 11) is -5.17. The van der Waals surface area contributed by atoms with Crippen LogP contribution in [0.4, 0.5) is 5.69 Å². The third-order valence-electron chi connectivity index (χ3n) is 3.38. The van der Waals surface area contributed by atoms with E-state index in [1.807, 2.05) is 0 Å². The molecule has 0 amide bonds. The van der Waals surface area contributed by atoms with Crippen molar-refractivity contribution < 1.29 is 33.9 Å². The van der Waals surface area contributed by atoms with Crippen molar-refractivity contribution in [2.45, 2.75) is 20.1 Å². The molecule has 1 heterocycles. The van der Waals surface area contributed by atoms with Gasteiger partial charge in [0.1, 0.15) is 5.75 Å². The zero-order valence-corrected chi connectivity index (χ0v) is 14.0. The number of hydrogen-bond acceptors (Lipinski definition) is 9. The van der Waals surface area contributed by atoms with Crippen molar-refractivity contribution in [1.29, 1.82) is 0 Å². The molecule has 10 heteroatoms. The number of carbonyl (C=O) groups is 1. The molecule has 1 aromatic carbocycles. The number of carboxylic acids is 1. The Hall–Kier alpha value is -2.45. The van der Waals surface area contributed by atoms with Crippen molar-refractivity contribution in [2.75, 3.05) is 5.32 Å². The van der Waals surface area contributed by atoms with E-state index in [0.29, 0.717) is 11.4 Å². The molecule has 134 valence electrons. The van der Waals surface area contributed by atoms with Gasteiger partial charge in [0, 0.05) is 29.6 Å². The van der Waals surface area contributed by atoms with Crippen molar-refractivity contribution in [3.05, 3.63) is 52.8 Å². The van der Waals surface area contributed by atoms with Crippen LogP contribution in [0.3, 0.4) is 0 Å². The SMILES string of the molecule is Cc1ncc(COP(=O)([O-])[O-])c(CNc2cccc(C(=O)[O-])c2)c1O. The van der Waals surface area contributed by atoms with E-state index < -0.39 is 20.4 Å². The van der Waals surface area contributed by atoms with E-state index in [4.69, 9.17) is 0 Å². The Labute approximate surface area is 143 Å². The number of rotatable bonds is 7. The van der Waals surface area contributed by atoms with Gasteiger partial charge in [-0.25, -0.2) is 0 Å². The minimum absolute atomic E-state index is 0.0202. The monoisotopic (exact) mass is 365 g/mol. The summed E-state index contributed by atoms with van der Waals surface area (Å²) in [5.41, 5.74) is 1.21. The molecule has 0 aliphatic rings. The molecule has 0 radical (unpaired) electrons. The van der Waals surface area contributed by atoms with Gasteiger partial charge in [0.25, 0.3) is 0 Å². The zero-order valence-electron chi connectivity index (χ0n) is 13.1. The summed E-state index contributed by atoms with van der Waals surface area (Å²) in [6, 6.07) is 5.84. The Bertz CT molecular complexity index is 835. The molecule has 9 nitrogen and oxygen atoms in total. The number of pyridine rings is 1. The lowest BCUT2D eigenvalue weighted by molar-refractivity contribution is -0.342. The molecule has 0 aliphatic carbocycles. The number of aromatic carboxylic acids is 1. The molecular formula is C15H14N2O7P-3. The number of benzene rings is 1. The Balaban J connectivity index is 2.22. The highest BCUT2D eigenvalue weighted by atomic mass is 31.2. The molecule has 0 aliphatic heterocycles. The molecular weight excluding hydrogens is 351 g/mol. The summed E-state index contributed by atoms with van der Waals surface area (Å²) >= 11 is 0. The third kappa shape index (κ3) is 5.27. The quantitative estimate of drug-likeness (QED) is 0.612. The number of aryl methyl sites for hydroxylation is 1. The van der Waals surface area contributed by atoms with Crippen LogP contribution in [0.2, 0.25) is 0 Å². The Morgan fingerprint density at radius 3 is 2.76 bits per heavy atom. The van der Waals surface area contributed by atoms with Gasteiger partial charge >= 0.3 is 0 Å². The number of nitrogens with zero attached hydrogens (tertiary/aromatic N) is 1. The summed E-state index contributed by atoms with van der Waals surface area (Å²) in [6.07, 6.45) is 1.29. The molecule has 0 spiro atoms. The second-order valence-electron chi connectivity index (χ2n) is 5.14. The molecule has 0 saturated heterocycles. The molecule has 0 atom stereocenters. The van der Waals surface area contributed by atoms with Gasteiger partial charge in [0.05, 0.1) is 26.1 Å². The van der Waals surface area contributed by atoms with E-state index in [-0.39, 0.29) is 29.0 Å². The lowest BCUT2D eigenvalue weighted by atomic mass is 10.1. The van der Waals surface area contributed by atoms with Crippen LogP contribution in [0.15, 0.2) is 30.5 Å². The second kappa shape index (κ2) is 7.62. The standard InChI is InChI=1S/C15H17N2O7P/c1-9-14(18)13(11(6-16-9)8-24-25(21,22)23)7-17-12-4-2-3-10(5-12)15(19)20/h2-6,17-18H,7-8H2,1H3,(H,19,20)(H2,21,22,23)/p-3. The van der Waals surface area contributed by atoms with Crippen molar-refractivity contribution in [3.63, 3.8) is 0 Å². The predicted molar refractivity (Wildman–Crippen MR) is 81.1 cm³/mol. The normalized spacial score (nSPS) is 11.3. The van der Waals surface area contributed by atoms with E-state index in [0.717, 1.165) is 0 Å². The highest BCUT2D eigenvalue weighted by Gasteiger charge is 2.12. The molecule has 25 heavy (non-hydrogen) atoms. The summed E-state index contributed by atoms with van der Waals surface area (Å²) in [6.45, 7) is 1.000. The summed E-state index contributed by atoms with van der Waals surface area (Å²) in [5.74, 6) is -1.52. The predicted octanol–water partition coefficient (Wildman–Crippen LogP) is -0.583. The van der Waals surface area contributed by atoms with Crippen LogP contribution in [0.5, 0.6) is 5.75 Å². The Morgan fingerprint density at radius 2 is 2.12 bits per heavy atom. The maximum absolute atomic E-state index is 10.9. The number of aromatic hydroxyl groups is 1. The van der Waals surface area contributed by atoms with Crippen LogP contribution in [0.25, 0.3) is 0 Å². The first-order chi connectivity index (χ1) is 11.7. The molecule has 2 N–H and O–H groups in total. The first-order valence-corrected chi connectivity index (χ1v) is 8.51. The highest BCUT2D eigenvalue weighted by Crippen LogP contribution is 2.30. The Kier molecular flexibility index (Phi) is 5.76. The number of phosphoric acid groups is 1. The van der Waals surface area contributed by atoms with Crippen LogP contribution in [0.1, 0.15) is 27.2 Å². The molecule has 0 fully saturated rings. The fourth-order valence-corrected chi connectivity index (χ4v) is 2.40. The summed E-state index contributed by atoms with van der Waals surface area (Å²) in [4.78, 5) is 36.0. The summed E-state index contributed by atoms with van der Waals surface area (Å²) < 4.78 is 14.9. The van der Waals surface area contributed by atoms with Gasteiger partial charge in [-0.3, -0.25) is 4.98 Å². The van der Waals surface area contributed by atoms with Crippen molar-refractivity contribution in [2.24, 2.45) is 0 Å². The topological polar surface area (TPSA) is 158 Å². The van der Waals surface area contributed by atoms with Crippen LogP contribution in [0, 0.1) is 6.92 Å². The van der Waals surface area contributed by atoms with Crippen molar-refractivity contribution >= 4 is 19.5 Å². The molecule has 2 aromatic rings. The lowest BCUT2D eigenvalue weighted by Gasteiger charge is -2.29. The van der Waals surface area contributed by atoms with Crippen LogP contribution in [-0.4, -0.2) is 16.1 Å². The van der Waals surface area contributed by atoms with Gasteiger partial charge in [-0.2, -0.15) is 0 Å². The minimum atomic E-state index is -5.17. The molecule has 1 aromatic heterocycles. The number of aromatic nitrogens is 1. The van der Waals surface area contributed by atoms with Crippen LogP contribution >= 0.6 is 7.82 Å². The van der Waals surface area contributed by atoms with Crippen LogP contribution in [-0.2, 0) is 22.2 Å². The van der Waals surface area contributed by atoms with E-state index in [1.54, 1.807) is 13.0 Å². The first kappa shape index (κ1) is 18.9. The molecule has 2 rings (SSSR count). The van der Waals surface area contributed by atoms with Gasteiger partial charge in [-0.1, -0.05) is 12.1 Å². The maximum Gasteiger partial charge on any atom is 0.142 e. The number of nitrogens with one attached hydrogen (secondary N) is 1. The molecule has 0 bridgehead atoms.